The summed E-state index contributed by atoms with van der Waals surface area (Å²) in [6, 6.07) is 12.7. The zero-order valence-electron chi connectivity index (χ0n) is 14.0. The summed E-state index contributed by atoms with van der Waals surface area (Å²) in [6.45, 7) is 4.96. The second kappa shape index (κ2) is 9.47. The number of nitrogens with zero attached hydrogens (tertiary/aromatic N) is 1. The lowest BCUT2D eigenvalue weighted by atomic mass is 10.2. The Kier molecular flexibility index (Phi) is 7.31. The predicted molar refractivity (Wildman–Crippen MR) is 104 cm³/mol. The summed E-state index contributed by atoms with van der Waals surface area (Å²) >= 11 is 12.0. The van der Waals surface area contributed by atoms with Crippen LogP contribution >= 0.6 is 23.2 Å². The van der Waals surface area contributed by atoms with Crippen molar-refractivity contribution in [2.24, 2.45) is 0 Å². The molecule has 6 heteroatoms. The van der Waals surface area contributed by atoms with Gasteiger partial charge in [-0.1, -0.05) is 48.0 Å². The summed E-state index contributed by atoms with van der Waals surface area (Å²) < 4.78 is 5.45. The van der Waals surface area contributed by atoms with Crippen LogP contribution in [0.2, 0.25) is 10.0 Å². The van der Waals surface area contributed by atoms with E-state index in [2.05, 4.69) is 11.9 Å². The topological polar surface area (TPSA) is 41.6 Å². The number of likely N-dealkylation sites (N-methyl/N-ethyl adjacent to an activating group) is 1. The number of hydrogen-bond donors (Lipinski definition) is 1. The van der Waals surface area contributed by atoms with Gasteiger partial charge in [-0.15, -0.1) is 0 Å². The van der Waals surface area contributed by atoms with Crippen LogP contribution < -0.4 is 10.1 Å². The Morgan fingerprint density at radius 1 is 1.24 bits per heavy atom. The first kappa shape index (κ1) is 19.3. The van der Waals surface area contributed by atoms with E-state index in [1.165, 1.54) is 0 Å². The average Bonchev–Trinajstić information content (AvgIpc) is 2.57. The minimum absolute atomic E-state index is 0.155. The average molecular weight is 379 g/mol. The van der Waals surface area contributed by atoms with Crippen molar-refractivity contribution in [2.45, 2.75) is 6.54 Å². The number of anilines is 1. The smallest absolute Gasteiger partial charge is 0.238 e. The number of carbonyl (C=O) groups is 1. The molecular formula is C19H20Cl2N2O2. The predicted octanol–water partition coefficient (Wildman–Crippen LogP) is 4.63. The first-order chi connectivity index (χ1) is 12.0. The third-order valence-electron chi connectivity index (χ3n) is 3.36. The van der Waals surface area contributed by atoms with Crippen LogP contribution in [0.5, 0.6) is 5.75 Å². The van der Waals surface area contributed by atoms with Crippen LogP contribution in [0.15, 0.2) is 55.1 Å². The molecule has 132 valence electrons. The standard InChI is InChI=1S/C19H20Cl2N2O2/c1-3-10-25-16-7-4-14(5-8-16)12-23(2)13-19(24)22-18-11-15(20)6-9-17(18)21/h3-9,11H,1,10,12-13H2,2H3,(H,22,24). The van der Waals surface area contributed by atoms with Crippen LogP contribution in [0, 0.1) is 0 Å². The molecule has 2 aromatic rings. The molecule has 0 aliphatic carbocycles. The summed E-state index contributed by atoms with van der Waals surface area (Å²) in [5.41, 5.74) is 1.60. The number of benzene rings is 2. The zero-order valence-corrected chi connectivity index (χ0v) is 15.5. The molecule has 0 atom stereocenters. The van der Waals surface area contributed by atoms with Gasteiger partial charge in [0.2, 0.25) is 5.91 Å². The molecule has 0 unspecified atom stereocenters. The lowest BCUT2D eigenvalue weighted by molar-refractivity contribution is -0.117. The molecule has 2 aromatic carbocycles. The molecule has 0 aliphatic rings. The quantitative estimate of drug-likeness (QED) is 0.680. The Hall–Kier alpha value is -2.01. The van der Waals surface area contributed by atoms with Gasteiger partial charge < -0.3 is 10.1 Å². The zero-order chi connectivity index (χ0) is 18.2. The van der Waals surface area contributed by atoms with Crippen LogP contribution in [-0.4, -0.2) is 31.0 Å². The largest absolute Gasteiger partial charge is 0.490 e. The van der Waals surface area contributed by atoms with E-state index in [1.807, 2.05) is 36.2 Å². The van der Waals surface area contributed by atoms with Crippen LogP contribution in [0.4, 0.5) is 5.69 Å². The molecule has 0 spiro atoms. The van der Waals surface area contributed by atoms with Gasteiger partial charge in [0.1, 0.15) is 12.4 Å². The Bertz CT molecular complexity index is 733. The second-order valence-corrected chi connectivity index (χ2v) is 6.43. The normalized spacial score (nSPS) is 10.6. The number of amides is 1. The monoisotopic (exact) mass is 378 g/mol. The second-order valence-electron chi connectivity index (χ2n) is 5.59. The van der Waals surface area contributed by atoms with E-state index in [-0.39, 0.29) is 12.5 Å². The molecular weight excluding hydrogens is 359 g/mol. The lowest BCUT2D eigenvalue weighted by Gasteiger charge is -2.17. The van der Waals surface area contributed by atoms with Crippen LogP contribution in [-0.2, 0) is 11.3 Å². The fourth-order valence-corrected chi connectivity index (χ4v) is 2.58. The fourth-order valence-electron chi connectivity index (χ4n) is 2.24. The SMILES string of the molecule is C=CCOc1ccc(CN(C)CC(=O)Nc2cc(Cl)ccc2Cl)cc1. The van der Waals surface area contributed by atoms with Crippen LogP contribution in [0.3, 0.4) is 0 Å². The maximum Gasteiger partial charge on any atom is 0.238 e. The van der Waals surface area contributed by atoms with E-state index in [9.17, 15) is 4.79 Å². The first-order valence-electron chi connectivity index (χ1n) is 7.74. The summed E-state index contributed by atoms with van der Waals surface area (Å²) in [7, 11) is 1.88. The van der Waals surface area contributed by atoms with Crippen molar-refractivity contribution in [3.05, 3.63) is 70.7 Å². The van der Waals surface area contributed by atoms with Gasteiger partial charge in [-0.2, -0.15) is 0 Å². The minimum atomic E-state index is -0.155. The molecule has 0 radical (unpaired) electrons. The van der Waals surface area contributed by atoms with Crippen molar-refractivity contribution in [3.63, 3.8) is 0 Å². The number of halogens is 2. The van der Waals surface area contributed by atoms with Gasteiger partial charge in [-0.05, 0) is 42.9 Å². The number of carbonyl (C=O) groups excluding carboxylic acids is 1. The van der Waals surface area contributed by atoms with E-state index in [4.69, 9.17) is 27.9 Å². The van der Waals surface area contributed by atoms with E-state index in [0.29, 0.717) is 28.9 Å². The Morgan fingerprint density at radius 3 is 2.64 bits per heavy atom. The molecule has 4 nitrogen and oxygen atoms in total. The molecule has 0 saturated heterocycles. The molecule has 1 amide bonds. The molecule has 2 rings (SSSR count). The molecule has 0 saturated carbocycles. The van der Waals surface area contributed by atoms with Gasteiger partial charge in [0.15, 0.2) is 0 Å². The third kappa shape index (κ3) is 6.42. The molecule has 0 aliphatic heterocycles. The van der Waals surface area contributed by atoms with Crippen LogP contribution in [0.1, 0.15) is 5.56 Å². The molecule has 0 fully saturated rings. The maximum absolute atomic E-state index is 12.2. The summed E-state index contributed by atoms with van der Waals surface area (Å²) in [5, 5.41) is 3.75. The highest BCUT2D eigenvalue weighted by molar-refractivity contribution is 6.35. The number of rotatable bonds is 8. The summed E-state index contributed by atoms with van der Waals surface area (Å²) in [6.07, 6.45) is 1.70. The first-order valence-corrected chi connectivity index (χ1v) is 8.49. The van der Waals surface area contributed by atoms with Crippen molar-refractivity contribution in [1.29, 1.82) is 0 Å². The Morgan fingerprint density at radius 2 is 1.96 bits per heavy atom. The van der Waals surface area contributed by atoms with Gasteiger partial charge in [-0.3, -0.25) is 9.69 Å². The molecule has 0 heterocycles. The third-order valence-corrected chi connectivity index (χ3v) is 3.92. The van der Waals surface area contributed by atoms with E-state index >= 15 is 0 Å². The van der Waals surface area contributed by atoms with Gasteiger partial charge in [0, 0.05) is 11.6 Å². The Balaban J connectivity index is 1.86. The molecule has 0 bridgehead atoms. The van der Waals surface area contributed by atoms with Crippen molar-refractivity contribution >= 4 is 34.8 Å². The molecule has 1 N–H and O–H groups in total. The van der Waals surface area contributed by atoms with Crippen LogP contribution in [0.25, 0.3) is 0 Å². The van der Waals surface area contributed by atoms with Gasteiger partial charge >= 0.3 is 0 Å². The lowest BCUT2D eigenvalue weighted by Crippen LogP contribution is -2.29. The number of nitrogens with one attached hydrogen (secondary N) is 1. The van der Waals surface area contributed by atoms with Gasteiger partial charge in [0.05, 0.1) is 17.3 Å². The van der Waals surface area contributed by atoms with Gasteiger partial charge in [-0.25, -0.2) is 0 Å². The van der Waals surface area contributed by atoms with Crippen molar-refractivity contribution < 1.29 is 9.53 Å². The summed E-state index contributed by atoms with van der Waals surface area (Å²) in [5.74, 6) is 0.636. The van der Waals surface area contributed by atoms with Crippen molar-refractivity contribution in [1.82, 2.24) is 4.90 Å². The highest BCUT2D eigenvalue weighted by Crippen LogP contribution is 2.25. The maximum atomic E-state index is 12.2. The van der Waals surface area contributed by atoms with E-state index in [1.54, 1.807) is 24.3 Å². The van der Waals surface area contributed by atoms with E-state index < -0.39 is 0 Å². The summed E-state index contributed by atoms with van der Waals surface area (Å²) in [4.78, 5) is 14.1. The Labute approximate surface area is 158 Å². The molecule has 0 aromatic heterocycles. The fraction of sp³-hybridized carbons (Fsp3) is 0.211. The van der Waals surface area contributed by atoms with Crippen molar-refractivity contribution in [3.8, 4) is 5.75 Å². The van der Waals surface area contributed by atoms with E-state index in [0.717, 1.165) is 11.3 Å². The van der Waals surface area contributed by atoms with Crippen molar-refractivity contribution in [2.75, 3.05) is 25.5 Å². The highest BCUT2D eigenvalue weighted by Gasteiger charge is 2.10. The number of hydrogen-bond acceptors (Lipinski definition) is 3. The molecule has 25 heavy (non-hydrogen) atoms. The van der Waals surface area contributed by atoms with Gasteiger partial charge in [0.25, 0.3) is 0 Å². The minimum Gasteiger partial charge on any atom is -0.490 e. The number of ether oxygens (including phenoxy) is 1. The highest BCUT2D eigenvalue weighted by atomic mass is 35.5.